The van der Waals surface area contributed by atoms with Crippen molar-refractivity contribution in [1.82, 2.24) is 14.8 Å². The molecular weight excluding hydrogens is 504 g/mol. The molecule has 0 bridgehead atoms. The molecule has 36 heavy (non-hydrogen) atoms. The van der Waals surface area contributed by atoms with Crippen LogP contribution in [0.5, 0.6) is 11.6 Å². The zero-order valence-corrected chi connectivity index (χ0v) is 19.7. The number of fused-ring (bicyclic) bond motifs is 1. The monoisotopic (exact) mass is 524 g/mol. The highest BCUT2D eigenvalue weighted by Crippen LogP contribution is 2.40. The largest absolute Gasteiger partial charge is 0.438 e. The van der Waals surface area contributed by atoms with Gasteiger partial charge in [0.2, 0.25) is 5.88 Å². The van der Waals surface area contributed by atoms with E-state index >= 15 is 0 Å². The van der Waals surface area contributed by atoms with Gasteiger partial charge in [0.05, 0.1) is 11.9 Å². The second kappa shape index (κ2) is 9.70. The summed E-state index contributed by atoms with van der Waals surface area (Å²) in [6, 6.07) is 3.95. The lowest BCUT2D eigenvalue weighted by Gasteiger charge is -2.32. The Kier molecular flexibility index (Phi) is 6.60. The van der Waals surface area contributed by atoms with Crippen molar-refractivity contribution >= 4 is 17.3 Å². The van der Waals surface area contributed by atoms with Crippen molar-refractivity contribution in [3.63, 3.8) is 0 Å². The first-order valence-corrected chi connectivity index (χ1v) is 11.8. The molecule has 0 amide bonds. The number of ether oxygens (including phenoxy) is 2. The lowest BCUT2D eigenvalue weighted by molar-refractivity contribution is -0.138. The van der Waals surface area contributed by atoms with Gasteiger partial charge in [-0.25, -0.2) is 9.37 Å². The predicted octanol–water partition coefficient (Wildman–Crippen LogP) is 5.50. The summed E-state index contributed by atoms with van der Waals surface area (Å²) in [4.78, 5) is 18.9. The summed E-state index contributed by atoms with van der Waals surface area (Å²) in [6.07, 6.45) is 0.623. The zero-order valence-electron chi connectivity index (χ0n) is 18.9. The van der Waals surface area contributed by atoms with Gasteiger partial charge < -0.3 is 14.4 Å². The van der Waals surface area contributed by atoms with E-state index in [0.717, 1.165) is 30.5 Å². The molecule has 1 atom stereocenters. The van der Waals surface area contributed by atoms with E-state index in [0.29, 0.717) is 49.9 Å². The topological polar surface area (TPSA) is 69.5 Å². The van der Waals surface area contributed by atoms with Gasteiger partial charge in [0.25, 0.3) is 5.56 Å². The fraction of sp³-hybridized carbons (Fsp3) is 0.375. The molecule has 1 saturated heterocycles. The molecule has 3 aromatic rings. The van der Waals surface area contributed by atoms with Gasteiger partial charge in [-0.1, -0.05) is 11.6 Å². The van der Waals surface area contributed by atoms with Gasteiger partial charge in [-0.05, 0) is 55.5 Å². The minimum Gasteiger partial charge on any atom is -0.438 e. The summed E-state index contributed by atoms with van der Waals surface area (Å²) < 4.78 is 66.1. The maximum Gasteiger partial charge on any atom is 0.420 e. The summed E-state index contributed by atoms with van der Waals surface area (Å²) in [5.41, 5.74) is 0.162. The van der Waals surface area contributed by atoms with E-state index in [1.807, 2.05) is 4.90 Å². The molecule has 2 aromatic heterocycles. The fourth-order valence-electron chi connectivity index (χ4n) is 4.45. The lowest BCUT2D eigenvalue weighted by atomic mass is 10.0. The highest BCUT2D eigenvalue weighted by Gasteiger charge is 2.35. The first kappa shape index (κ1) is 24.5. The van der Waals surface area contributed by atoms with E-state index < -0.39 is 35.1 Å². The molecule has 0 N–H and O–H groups in total. The number of alkyl halides is 3. The Morgan fingerprint density at radius 2 is 2.03 bits per heavy atom. The molecule has 0 spiro atoms. The number of anilines is 1. The van der Waals surface area contributed by atoms with Crippen LogP contribution in [-0.2, 0) is 23.9 Å². The Morgan fingerprint density at radius 3 is 2.78 bits per heavy atom. The maximum atomic E-state index is 13.5. The van der Waals surface area contributed by atoms with Crippen molar-refractivity contribution in [2.45, 2.75) is 44.6 Å². The summed E-state index contributed by atoms with van der Waals surface area (Å²) in [5.74, 6) is -1.54. The number of hydrogen-bond acceptors (Lipinski definition) is 6. The molecular formula is C24H21ClF4N4O3. The SMILES string of the molecule is O=c1c(Cl)c(N2CCc3c(ccnc3Oc3ccc(F)cc3C(F)(F)F)C2)cnn1C1CCCCO1. The van der Waals surface area contributed by atoms with Crippen LogP contribution in [-0.4, -0.2) is 27.9 Å². The maximum absolute atomic E-state index is 13.5. The molecule has 7 nitrogen and oxygen atoms in total. The molecule has 1 fully saturated rings. The van der Waals surface area contributed by atoms with E-state index in [2.05, 4.69) is 10.1 Å². The van der Waals surface area contributed by atoms with Crippen molar-refractivity contribution in [1.29, 1.82) is 0 Å². The highest BCUT2D eigenvalue weighted by atomic mass is 35.5. The number of halogens is 5. The quantitative estimate of drug-likeness (QED) is 0.420. The average molecular weight is 525 g/mol. The Labute approximate surface area is 208 Å². The number of hydrogen-bond donors (Lipinski definition) is 0. The van der Waals surface area contributed by atoms with E-state index in [9.17, 15) is 22.4 Å². The van der Waals surface area contributed by atoms with Crippen LogP contribution >= 0.6 is 11.6 Å². The van der Waals surface area contributed by atoms with Crippen LogP contribution in [0.4, 0.5) is 23.2 Å². The third kappa shape index (κ3) is 4.77. The molecule has 1 aromatic carbocycles. The van der Waals surface area contributed by atoms with Crippen LogP contribution in [0.2, 0.25) is 5.02 Å². The summed E-state index contributed by atoms with van der Waals surface area (Å²) in [6.45, 7) is 1.27. The average Bonchev–Trinajstić information content (AvgIpc) is 2.86. The van der Waals surface area contributed by atoms with Gasteiger partial charge in [-0.3, -0.25) is 4.79 Å². The first-order chi connectivity index (χ1) is 17.2. The van der Waals surface area contributed by atoms with Crippen molar-refractivity contribution < 1.29 is 27.0 Å². The van der Waals surface area contributed by atoms with Gasteiger partial charge in [0.15, 0.2) is 6.23 Å². The minimum atomic E-state index is -4.80. The fourth-order valence-corrected chi connectivity index (χ4v) is 4.70. The van der Waals surface area contributed by atoms with Crippen molar-refractivity contribution in [3.8, 4) is 11.6 Å². The van der Waals surface area contributed by atoms with E-state index in [1.54, 1.807) is 6.07 Å². The molecule has 1 unspecified atom stereocenters. The Balaban J connectivity index is 1.40. The van der Waals surface area contributed by atoms with Crippen molar-refractivity contribution in [2.24, 2.45) is 0 Å². The molecule has 190 valence electrons. The Morgan fingerprint density at radius 1 is 1.19 bits per heavy atom. The van der Waals surface area contributed by atoms with Gasteiger partial charge >= 0.3 is 6.18 Å². The summed E-state index contributed by atoms with van der Waals surface area (Å²) in [5, 5.41) is 4.31. The molecule has 12 heteroatoms. The van der Waals surface area contributed by atoms with Crippen LogP contribution in [0.3, 0.4) is 0 Å². The number of pyridine rings is 1. The van der Waals surface area contributed by atoms with Crippen LogP contribution in [0.1, 0.15) is 42.2 Å². The zero-order chi connectivity index (χ0) is 25.4. The van der Waals surface area contributed by atoms with Gasteiger partial charge in [-0.15, -0.1) is 0 Å². The second-order valence-corrected chi connectivity index (χ2v) is 8.96. The second-order valence-electron chi connectivity index (χ2n) is 8.58. The van der Waals surface area contributed by atoms with Crippen LogP contribution in [0, 0.1) is 5.82 Å². The van der Waals surface area contributed by atoms with E-state index in [4.69, 9.17) is 21.1 Å². The van der Waals surface area contributed by atoms with Gasteiger partial charge in [0.1, 0.15) is 22.2 Å². The Bertz CT molecular complexity index is 1340. The van der Waals surface area contributed by atoms with Crippen molar-refractivity contribution in [2.75, 3.05) is 18.1 Å². The molecule has 0 saturated carbocycles. The van der Waals surface area contributed by atoms with Gasteiger partial charge in [-0.2, -0.15) is 23.0 Å². The molecule has 2 aliphatic heterocycles. The minimum absolute atomic E-state index is 0.0124. The molecule has 0 radical (unpaired) electrons. The summed E-state index contributed by atoms with van der Waals surface area (Å²) >= 11 is 6.44. The molecule has 0 aliphatic carbocycles. The number of benzene rings is 1. The predicted molar refractivity (Wildman–Crippen MR) is 123 cm³/mol. The Hall–Kier alpha value is -3.18. The normalized spacial score (nSPS) is 18.1. The smallest absolute Gasteiger partial charge is 0.420 e. The molecule has 5 rings (SSSR count). The van der Waals surface area contributed by atoms with Crippen LogP contribution in [0.15, 0.2) is 41.5 Å². The molecule has 4 heterocycles. The third-order valence-electron chi connectivity index (χ3n) is 6.25. The van der Waals surface area contributed by atoms with Gasteiger partial charge in [0, 0.05) is 31.5 Å². The van der Waals surface area contributed by atoms with E-state index in [-0.39, 0.29) is 10.9 Å². The first-order valence-electron chi connectivity index (χ1n) is 11.4. The lowest BCUT2D eigenvalue weighted by Crippen LogP contribution is -2.35. The highest BCUT2D eigenvalue weighted by molar-refractivity contribution is 6.33. The summed E-state index contributed by atoms with van der Waals surface area (Å²) in [7, 11) is 0. The third-order valence-corrected chi connectivity index (χ3v) is 6.61. The van der Waals surface area contributed by atoms with Crippen LogP contribution in [0.25, 0.3) is 0 Å². The number of rotatable bonds is 4. The van der Waals surface area contributed by atoms with Crippen LogP contribution < -0.4 is 15.2 Å². The number of nitrogens with zero attached hydrogens (tertiary/aromatic N) is 4. The standard InChI is InChI=1S/C24H21ClF4N4O3/c25-21-18(12-31-33(23(21)34)20-3-1-2-10-35-20)32-9-7-16-14(13-32)6-8-30-22(16)36-19-5-4-15(26)11-17(19)24(27,28)29/h4-6,8,11-12,20H,1-3,7,9-10,13H2. The molecule has 2 aliphatic rings. The number of aromatic nitrogens is 3. The van der Waals surface area contributed by atoms with E-state index in [1.165, 1.54) is 17.1 Å². The van der Waals surface area contributed by atoms with Crippen molar-refractivity contribution in [3.05, 3.63) is 74.5 Å².